The van der Waals surface area contributed by atoms with Crippen molar-refractivity contribution >= 4 is 0 Å². The van der Waals surface area contributed by atoms with Crippen molar-refractivity contribution in [3.05, 3.63) is 35.9 Å². The molecule has 0 radical (unpaired) electrons. The van der Waals surface area contributed by atoms with E-state index in [1.807, 2.05) is 0 Å². The molecule has 17 heavy (non-hydrogen) atoms. The van der Waals surface area contributed by atoms with Crippen molar-refractivity contribution < 1.29 is 4.74 Å². The molecule has 3 unspecified atom stereocenters. The Bertz CT molecular complexity index is 299. The maximum Gasteiger partial charge on any atom is 0.0546 e. The first kappa shape index (κ1) is 14.2. The summed E-state index contributed by atoms with van der Waals surface area (Å²) in [6.07, 6.45) is 1.39. The molecule has 0 aromatic heterocycles. The van der Waals surface area contributed by atoms with Crippen molar-refractivity contribution in [2.45, 2.75) is 39.3 Å². The number of rotatable bonds is 7. The third kappa shape index (κ3) is 4.49. The van der Waals surface area contributed by atoms with E-state index in [1.165, 1.54) is 5.56 Å². The molecule has 0 saturated heterocycles. The Morgan fingerprint density at radius 1 is 1.18 bits per heavy atom. The van der Waals surface area contributed by atoms with Gasteiger partial charge in [-0.25, -0.2) is 0 Å². The Morgan fingerprint density at radius 2 is 1.82 bits per heavy atom. The van der Waals surface area contributed by atoms with Gasteiger partial charge in [-0.2, -0.15) is 0 Å². The van der Waals surface area contributed by atoms with Gasteiger partial charge in [-0.1, -0.05) is 44.2 Å². The molecule has 1 aromatic rings. The van der Waals surface area contributed by atoms with Gasteiger partial charge in [0.1, 0.15) is 0 Å². The zero-order chi connectivity index (χ0) is 12.7. The molecule has 0 fully saturated rings. The van der Waals surface area contributed by atoms with Crippen LogP contribution in [-0.4, -0.2) is 19.8 Å². The third-order valence-electron chi connectivity index (χ3n) is 3.26. The summed E-state index contributed by atoms with van der Waals surface area (Å²) in [5.41, 5.74) is 1.37. The summed E-state index contributed by atoms with van der Waals surface area (Å²) < 4.78 is 5.36. The van der Waals surface area contributed by atoms with E-state index in [1.54, 1.807) is 7.11 Å². The minimum absolute atomic E-state index is 0.315. The van der Waals surface area contributed by atoms with E-state index >= 15 is 0 Å². The van der Waals surface area contributed by atoms with Gasteiger partial charge in [-0.05, 0) is 31.4 Å². The summed E-state index contributed by atoms with van der Waals surface area (Å²) in [6, 6.07) is 11.1. The molecule has 0 heterocycles. The summed E-state index contributed by atoms with van der Waals surface area (Å²) in [5.74, 6) is 0.562. The van der Waals surface area contributed by atoms with Gasteiger partial charge in [0.15, 0.2) is 0 Å². The first-order valence-electron chi connectivity index (χ1n) is 6.50. The van der Waals surface area contributed by atoms with Crippen LogP contribution in [0.4, 0.5) is 0 Å². The summed E-state index contributed by atoms with van der Waals surface area (Å²) in [5, 5.41) is 3.57. The fourth-order valence-corrected chi connectivity index (χ4v) is 2.28. The Morgan fingerprint density at radius 3 is 2.35 bits per heavy atom. The Balaban J connectivity index is 2.71. The van der Waals surface area contributed by atoms with E-state index in [0.717, 1.165) is 13.0 Å². The summed E-state index contributed by atoms with van der Waals surface area (Å²) in [6.45, 7) is 7.56. The zero-order valence-electron chi connectivity index (χ0n) is 11.4. The summed E-state index contributed by atoms with van der Waals surface area (Å²) in [7, 11) is 1.78. The Labute approximate surface area is 105 Å². The number of benzene rings is 1. The Kier molecular flexibility index (Phi) is 6.23. The second kappa shape index (κ2) is 7.46. The minimum Gasteiger partial charge on any atom is -0.382 e. The van der Waals surface area contributed by atoms with E-state index in [9.17, 15) is 0 Å². The normalized spacial score (nSPS) is 16.5. The minimum atomic E-state index is 0.315. The molecular formula is C15H25NO. The van der Waals surface area contributed by atoms with Crippen molar-refractivity contribution in [3.8, 4) is 0 Å². The van der Waals surface area contributed by atoms with Crippen LogP contribution in [0.5, 0.6) is 0 Å². The first-order chi connectivity index (χ1) is 8.19. The molecule has 0 amide bonds. The number of methoxy groups -OCH3 is 1. The lowest BCUT2D eigenvalue weighted by Crippen LogP contribution is -2.28. The molecule has 0 aliphatic rings. The highest BCUT2D eigenvalue weighted by Gasteiger charge is 2.19. The van der Waals surface area contributed by atoms with Gasteiger partial charge < -0.3 is 10.1 Å². The Hall–Kier alpha value is -0.860. The average Bonchev–Trinajstić information content (AvgIpc) is 2.36. The smallest absolute Gasteiger partial charge is 0.0546 e. The highest BCUT2D eigenvalue weighted by atomic mass is 16.5. The van der Waals surface area contributed by atoms with Crippen molar-refractivity contribution in [1.29, 1.82) is 0 Å². The van der Waals surface area contributed by atoms with Crippen molar-refractivity contribution in [3.63, 3.8) is 0 Å². The number of hydrogen-bond donors (Lipinski definition) is 1. The highest BCUT2D eigenvalue weighted by Crippen LogP contribution is 2.25. The van der Waals surface area contributed by atoms with Crippen LogP contribution in [0.1, 0.15) is 38.8 Å². The molecule has 3 atom stereocenters. The molecule has 1 aromatic carbocycles. The van der Waals surface area contributed by atoms with Crippen LogP contribution in [0.2, 0.25) is 0 Å². The molecule has 1 N–H and O–H groups in total. The molecule has 96 valence electrons. The molecule has 0 aliphatic heterocycles. The quantitative estimate of drug-likeness (QED) is 0.782. The monoisotopic (exact) mass is 235 g/mol. The van der Waals surface area contributed by atoms with Crippen LogP contribution in [0.25, 0.3) is 0 Å². The van der Waals surface area contributed by atoms with E-state index < -0.39 is 0 Å². The predicted octanol–water partition coefficient (Wildman–Crippen LogP) is 3.40. The fraction of sp³-hybridized carbons (Fsp3) is 0.600. The van der Waals surface area contributed by atoms with Gasteiger partial charge in [-0.15, -0.1) is 0 Å². The predicted molar refractivity (Wildman–Crippen MR) is 73.1 cm³/mol. The molecule has 2 nitrogen and oxygen atoms in total. The SMILES string of the molecule is CCNC(c1ccccc1)C(C)CC(C)OC. The summed E-state index contributed by atoms with van der Waals surface area (Å²) in [4.78, 5) is 0. The van der Waals surface area contributed by atoms with Crippen LogP contribution in [-0.2, 0) is 4.74 Å². The van der Waals surface area contributed by atoms with E-state index in [0.29, 0.717) is 18.1 Å². The van der Waals surface area contributed by atoms with Crippen LogP contribution in [0, 0.1) is 5.92 Å². The molecular weight excluding hydrogens is 210 g/mol. The molecule has 0 saturated carbocycles. The van der Waals surface area contributed by atoms with Gasteiger partial charge in [0.25, 0.3) is 0 Å². The van der Waals surface area contributed by atoms with E-state index in [4.69, 9.17) is 4.74 Å². The topological polar surface area (TPSA) is 21.3 Å². The molecule has 0 aliphatic carbocycles. The third-order valence-corrected chi connectivity index (χ3v) is 3.26. The van der Waals surface area contributed by atoms with Crippen LogP contribution in [0.15, 0.2) is 30.3 Å². The average molecular weight is 235 g/mol. The summed E-state index contributed by atoms with van der Waals surface area (Å²) >= 11 is 0. The van der Waals surface area contributed by atoms with Crippen molar-refractivity contribution in [2.75, 3.05) is 13.7 Å². The maximum atomic E-state index is 5.36. The molecule has 1 rings (SSSR count). The molecule has 0 bridgehead atoms. The maximum absolute atomic E-state index is 5.36. The van der Waals surface area contributed by atoms with Crippen LogP contribution >= 0.6 is 0 Å². The number of nitrogens with one attached hydrogen (secondary N) is 1. The molecule has 0 spiro atoms. The van der Waals surface area contributed by atoms with Gasteiger partial charge in [-0.3, -0.25) is 0 Å². The highest BCUT2D eigenvalue weighted by molar-refractivity contribution is 5.19. The van der Waals surface area contributed by atoms with E-state index in [-0.39, 0.29) is 0 Å². The van der Waals surface area contributed by atoms with E-state index in [2.05, 4.69) is 56.4 Å². The lowest BCUT2D eigenvalue weighted by Gasteiger charge is -2.27. The van der Waals surface area contributed by atoms with Gasteiger partial charge in [0.05, 0.1) is 6.10 Å². The lowest BCUT2D eigenvalue weighted by molar-refractivity contribution is 0.0909. The van der Waals surface area contributed by atoms with Gasteiger partial charge >= 0.3 is 0 Å². The molecule has 2 heteroatoms. The van der Waals surface area contributed by atoms with Gasteiger partial charge in [0, 0.05) is 13.2 Å². The first-order valence-corrected chi connectivity index (χ1v) is 6.50. The lowest BCUT2D eigenvalue weighted by atomic mass is 9.90. The standard InChI is InChI=1S/C15H25NO/c1-5-16-15(12(2)11-13(3)17-4)14-9-7-6-8-10-14/h6-10,12-13,15-16H,5,11H2,1-4H3. The second-order valence-electron chi connectivity index (χ2n) is 4.71. The van der Waals surface area contributed by atoms with Crippen molar-refractivity contribution in [2.24, 2.45) is 5.92 Å². The van der Waals surface area contributed by atoms with Crippen LogP contribution in [0.3, 0.4) is 0 Å². The largest absolute Gasteiger partial charge is 0.382 e. The van der Waals surface area contributed by atoms with Crippen LogP contribution < -0.4 is 5.32 Å². The fourth-order valence-electron chi connectivity index (χ4n) is 2.28. The zero-order valence-corrected chi connectivity index (χ0v) is 11.4. The number of hydrogen-bond acceptors (Lipinski definition) is 2. The van der Waals surface area contributed by atoms with Gasteiger partial charge in [0.2, 0.25) is 0 Å². The number of ether oxygens (including phenoxy) is 1. The van der Waals surface area contributed by atoms with Crippen molar-refractivity contribution in [1.82, 2.24) is 5.32 Å². The second-order valence-corrected chi connectivity index (χ2v) is 4.71.